The number of likely N-dealkylation sites (tertiary alicyclic amines) is 1. The van der Waals surface area contributed by atoms with Gasteiger partial charge in [0.1, 0.15) is 0 Å². The van der Waals surface area contributed by atoms with Gasteiger partial charge in [-0.05, 0) is 105 Å². The number of primary amides is 1. The second-order valence-corrected chi connectivity index (χ2v) is 10.2. The van der Waals surface area contributed by atoms with Crippen LogP contribution in [0, 0.1) is 24.3 Å². The van der Waals surface area contributed by atoms with Crippen molar-refractivity contribution in [1.29, 1.82) is 0 Å². The summed E-state index contributed by atoms with van der Waals surface area (Å²) in [6, 6.07) is 6.17. The minimum atomic E-state index is -0.253. The third-order valence-electron chi connectivity index (χ3n) is 6.48. The lowest BCUT2D eigenvalue weighted by molar-refractivity contribution is -0.123. The number of aromatic nitrogens is 4. The Morgan fingerprint density at radius 2 is 1.91 bits per heavy atom. The number of carbonyl (C=O) groups is 1. The Balaban J connectivity index is 1.47. The van der Waals surface area contributed by atoms with Gasteiger partial charge in [0.25, 0.3) is 0 Å². The first-order valence-corrected chi connectivity index (χ1v) is 12.5. The van der Waals surface area contributed by atoms with Crippen molar-refractivity contribution in [3.8, 4) is 0 Å². The Hall–Kier alpha value is -2.73. The van der Waals surface area contributed by atoms with Gasteiger partial charge in [0, 0.05) is 23.6 Å². The molecule has 1 aliphatic rings. The first kappa shape index (κ1) is 24.4. The molecule has 10 heteroatoms. The van der Waals surface area contributed by atoms with Crippen molar-refractivity contribution >= 4 is 51.8 Å². The smallest absolute Gasteiger partial charge is 0.234 e. The SMILES string of the molecule is Cc1cc(Nc2nc(Nc3cc(C)c(C4CCN([C@H](C)C(N)=O)CC4)cc3C)ncc2I)n[nH]1. The molecule has 0 spiro atoms. The van der Waals surface area contributed by atoms with Crippen LogP contribution < -0.4 is 16.4 Å². The number of amides is 1. The zero-order valence-corrected chi connectivity index (χ0v) is 22.1. The lowest BCUT2D eigenvalue weighted by Crippen LogP contribution is -2.46. The van der Waals surface area contributed by atoms with E-state index < -0.39 is 0 Å². The molecule has 0 saturated carbocycles. The molecule has 1 saturated heterocycles. The number of carbonyl (C=O) groups excluding carboxylic acids is 1. The van der Waals surface area contributed by atoms with Crippen molar-refractivity contribution in [2.45, 2.75) is 52.5 Å². The molecule has 9 nitrogen and oxygen atoms in total. The Morgan fingerprint density at radius 1 is 1.18 bits per heavy atom. The molecular weight excluding hydrogens is 543 g/mol. The molecule has 180 valence electrons. The molecule has 1 aromatic carbocycles. The lowest BCUT2D eigenvalue weighted by atomic mass is 9.85. The molecule has 34 heavy (non-hydrogen) atoms. The monoisotopic (exact) mass is 574 g/mol. The summed E-state index contributed by atoms with van der Waals surface area (Å²) in [5.74, 6) is 2.17. The van der Waals surface area contributed by atoms with Gasteiger partial charge in [0.05, 0.1) is 9.61 Å². The van der Waals surface area contributed by atoms with E-state index in [1.807, 2.05) is 19.9 Å². The fourth-order valence-electron chi connectivity index (χ4n) is 4.43. The summed E-state index contributed by atoms with van der Waals surface area (Å²) in [6.45, 7) is 9.87. The van der Waals surface area contributed by atoms with Crippen molar-refractivity contribution < 1.29 is 4.79 Å². The predicted octanol–water partition coefficient (Wildman–Crippen LogP) is 4.27. The third-order valence-corrected chi connectivity index (χ3v) is 7.27. The van der Waals surface area contributed by atoms with Crippen LogP contribution in [0.15, 0.2) is 24.4 Å². The summed E-state index contributed by atoms with van der Waals surface area (Å²) in [7, 11) is 0. The first-order chi connectivity index (χ1) is 16.2. The van der Waals surface area contributed by atoms with Crippen molar-refractivity contribution in [3.05, 3.63) is 50.4 Å². The highest BCUT2D eigenvalue weighted by molar-refractivity contribution is 14.1. The molecular formula is C24H31IN8O. The van der Waals surface area contributed by atoms with Gasteiger partial charge < -0.3 is 16.4 Å². The normalized spacial score (nSPS) is 15.8. The average molecular weight is 574 g/mol. The molecule has 2 aromatic heterocycles. The Labute approximate surface area is 213 Å². The number of anilines is 4. The molecule has 1 aliphatic heterocycles. The molecule has 4 rings (SSSR count). The average Bonchev–Trinajstić information content (AvgIpc) is 3.22. The number of hydrogen-bond acceptors (Lipinski definition) is 7. The van der Waals surface area contributed by atoms with Crippen LogP contribution in [-0.4, -0.2) is 50.1 Å². The van der Waals surface area contributed by atoms with E-state index in [9.17, 15) is 4.79 Å². The van der Waals surface area contributed by atoms with Crippen molar-refractivity contribution in [2.75, 3.05) is 23.7 Å². The minimum Gasteiger partial charge on any atom is -0.368 e. The van der Waals surface area contributed by atoms with Gasteiger partial charge in [-0.2, -0.15) is 10.1 Å². The summed E-state index contributed by atoms with van der Waals surface area (Å²) < 4.78 is 0.907. The number of nitrogens with two attached hydrogens (primary N) is 1. The number of piperidine rings is 1. The van der Waals surface area contributed by atoms with Crippen molar-refractivity contribution in [1.82, 2.24) is 25.1 Å². The zero-order valence-electron chi connectivity index (χ0n) is 19.9. The predicted molar refractivity (Wildman–Crippen MR) is 143 cm³/mol. The highest BCUT2D eigenvalue weighted by Gasteiger charge is 2.27. The van der Waals surface area contributed by atoms with E-state index in [4.69, 9.17) is 5.73 Å². The van der Waals surface area contributed by atoms with Gasteiger partial charge in [0.2, 0.25) is 11.9 Å². The number of nitrogens with one attached hydrogen (secondary N) is 3. The van der Waals surface area contributed by atoms with E-state index in [1.165, 1.54) is 11.1 Å². The van der Waals surface area contributed by atoms with Crippen LogP contribution in [0.25, 0.3) is 0 Å². The van der Waals surface area contributed by atoms with Crippen molar-refractivity contribution in [3.63, 3.8) is 0 Å². The van der Waals surface area contributed by atoms with E-state index in [1.54, 1.807) is 6.20 Å². The third kappa shape index (κ3) is 5.49. The quantitative estimate of drug-likeness (QED) is 0.311. The van der Waals surface area contributed by atoms with Crippen LogP contribution in [0.4, 0.5) is 23.3 Å². The molecule has 3 aromatic rings. The van der Waals surface area contributed by atoms with Crippen LogP contribution in [-0.2, 0) is 4.79 Å². The van der Waals surface area contributed by atoms with Gasteiger partial charge in [-0.15, -0.1) is 0 Å². The Bertz CT molecular complexity index is 1190. The summed E-state index contributed by atoms with van der Waals surface area (Å²) >= 11 is 2.21. The number of hydrogen-bond donors (Lipinski definition) is 4. The molecule has 1 amide bonds. The summed E-state index contributed by atoms with van der Waals surface area (Å²) in [5, 5.41) is 13.8. The lowest BCUT2D eigenvalue weighted by Gasteiger charge is -2.35. The number of aryl methyl sites for hydroxylation is 3. The largest absolute Gasteiger partial charge is 0.368 e. The number of halogens is 1. The van der Waals surface area contributed by atoms with E-state index in [2.05, 4.69) is 84.3 Å². The molecule has 0 radical (unpaired) electrons. The van der Waals surface area contributed by atoms with Gasteiger partial charge in [0.15, 0.2) is 11.6 Å². The molecule has 0 bridgehead atoms. The standard InChI is InChI=1S/C24H31IN8O/c1-13-10-20(14(2)9-18(13)17-5-7-33(8-6-17)16(4)22(26)34)28-24-27-12-19(25)23(30-24)29-21-11-15(3)31-32-21/h9-12,16-17H,5-8H2,1-4H3,(H2,26,34)(H3,27,28,29,30,31,32)/t16-/m1/s1. The maximum atomic E-state index is 11.5. The maximum absolute atomic E-state index is 11.5. The summed E-state index contributed by atoms with van der Waals surface area (Å²) in [5.41, 5.74) is 11.2. The number of rotatable bonds is 7. The van der Waals surface area contributed by atoms with E-state index in [0.717, 1.165) is 46.4 Å². The van der Waals surface area contributed by atoms with Gasteiger partial charge >= 0.3 is 0 Å². The highest BCUT2D eigenvalue weighted by atomic mass is 127. The van der Waals surface area contributed by atoms with Crippen LogP contribution in [0.5, 0.6) is 0 Å². The molecule has 1 atom stereocenters. The number of nitrogens with zero attached hydrogens (tertiary/aromatic N) is 4. The second-order valence-electron chi connectivity index (χ2n) is 8.99. The Morgan fingerprint density at radius 3 is 2.56 bits per heavy atom. The number of aromatic amines is 1. The van der Waals surface area contributed by atoms with Crippen LogP contribution >= 0.6 is 22.6 Å². The highest BCUT2D eigenvalue weighted by Crippen LogP contribution is 2.34. The van der Waals surface area contributed by atoms with Gasteiger partial charge in [-0.1, -0.05) is 6.07 Å². The Kier molecular flexibility index (Phi) is 7.36. The maximum Gasteiger partial charge on any atom is 0.234 e. The first-order valence-electron chi connectivity index (χ1n) is 11.4. The fraction of sp³-hybridized carbons (Fsp3) is 0.417. The fourth-order valence-corrected chi connectivity index (χ4v) is 4.82. The summed E-state index contributed by atoms with van der Waals surface area (Å²) in [6.07, 6.45) is 3.83. The zero-order chi connectivity index (χ0) is 24.4. The van der Waals surface area contributed by atoms with E-state index >= 15 is 0 Å². The molecule has 3 heterocycles. The number of H-pyrrole nitrogens is 1. The molecule has 1 fully saturated rings. The van der Waals surface area contributed by atoms with Crippen LogP contribution in [0.1, 0.15) is 48.1 Å². The van der Waals surface area contributed by atoms with E-state index in [0.29, 0.717) is 23.5 Å². The minimum absolute atomic E-state index is 0.208. The van der Waals surface area contributed by atoms with Gasteiger partial charge in [-0.25, -0.2) is 4.98 Å². The second kappa shape index (κ2) is 10.3. The molecule has 0 unspecified atom stereocenters. The van der Waals surface area contributed by atoms with E-state index in [-0.39, 0.29) is 11.9 Å². The number of benzene rings is 1. The van der Waals surface area contributed by atoms with Crippen LogP contribution in [0.3, 0.4) is 0 Å². The van der Waals surface area contributed by atoms with Crippen LogP contribution in [0.2, 0.25) is 0 Å². The molecule has 0 aliphatic carbocycles. The topological polar surface area (TPSA) is 125 Å². The van der Waals surface area contributed by atoms with Gasteiger partial charge in [-0.3, -0.25) is 14.8 Å². The summed E-state index contributed by atoms with van der Waals surface area (Å²) in [4.78, 5) is 22.8. The molecule has 5 N–H and O–H groups in total. The van der Waals surface area contributed by atoms with Crippen molar-refractivity contribution in [2.24, 2.45) is 5.73 Å².